The molecule has 0 unspecified atom stereocenters. The Balaban J connectivity index is 1.63. The SMILES string of the molecule is O=C1N[C@H]2[C@H](CS[C@H]2CCCCC(=O)OP(=O)(O)O)N1. The van der Waals surface area contributed by atoms with Crippen molar-refractivity contribution in [2.24, 2.45) is 0 Å². The Bertz CT molecular complexity index is 441. The summed E-state index contributed by atoms with van der Waals surface area (Å²) in [5.41, 5.74) is 0. The van der Waals surface area contributed by atoms with Gasteiger partial charge in [0.05, 0.1) is 12.1 Å². The average molecular weight is 324 g/mol. The van der Waals surface area contributed by atoms with Crippen LogP contribution < -0.4 is 10.6 Å². The first-order chi connectivity index (χ1) is 9.35. The van der Waals surface area contributed by atoms with E-state index in [0.29, 0.717) is 11.7 Å². The fourth-order valence-electron chi connectivity index (χ4n) is 2.44. The van der Waals surface area contributed by atoms with Gasteiger partial charge in [0, 0.05) is 17.4 Å². The van der Waals surface area contributed by atoms with E-state index in [1.54, 1.807) is 11.8 Å². The van der Waals surface area contributed by atoms with E-state index in [1.807, 2.05) is 0 Å². The van der Waals surface area contributed by atoms with Gasteiger partial charge >= 0.3 is 19.8 Å². The lowest BCUT2D eigenvalue weighted by Crippen LogP contribution is -2.36. The molecule has 114 valence electrons. The summed E-state index contributed by atoms with van der Waals surface area (Å²) in [6, 6.07) is 0.183. The fourth-order valence-corrected chi connectivity index (χ4v) is 4.34. The standard InChI is InChI=1S/C10H17N2O6PS/c13-8(18-19(15,16)17)4-2-1-3-7-9-6(5-20-7)11-10(14)12-9/h6-7,9H,1-5H2,(H2,11,12,14)(H2,15,16,17)/t6-,7-,9-/m0/s1. The number of carbonyl (C=O) groups is 2. The molecule has 0 aliphatic carbocycles. The van der Waals surface area contributed by atoms with Crippen LogP contribution >= 0.6 is 19.6 Å². The summed E-state index contributed by atoms with van der Waals surface area (Å²) in [5.74, 6) is 0.0000340. The third-order valence-electron chi connectivity index (χ3n) is 3.28. The Labute approximate surface area is 120 Å². The summed E-state index contributed by atoms with van der Waals surface area (Å²) < 4.78 is 14.4. The third kappa shape index (κ3) is 4.37. The molecular weight excluding hydrogens is 307 g/mol. The number of rotatable bonds is 6. The zero-order valence-corrected chi connectivity index (χ0v) is 12.4. The lowest BCUT2D eigenvalue weighted by Gasteiger charge is -2.16. The summed E-state index contributed by atoms with van der Waals surface area (Å²) in [7, 11) is -4.72. The summed E-state index contributed by atoms with van der Waals surface area (Å²) in [4.78, 5) is 39.2. The number of hydrogen-bond acceptors (Lipinski definition) is 5. The lowest BCUT2D eigenvalue weighted by atomic mass is 10.0. The normalized spacial score (nSPS) is 28.7. The van der Waals surface area contributed by atoms with Gasteiger partial charge in [0.1, 0.15) is 0 Å². The topological polar surface area (TPSA) is 125 Å². The van der Waals surface area contributed by atoms with Crippen LogP contribution in [0.15, 0.2) is 0 Å². The maximum absolute atomic E-state index is 11.2. The predicted molar refractivity (Wildman–Crippen MR) is 72.1 cm³/mol. The van der Waals surface area contributed by atoms with Crippen molar-refractivity contribution in [2.45, 2.75) is 43.0 Å². The zero-order chi connectivity index (χ0) is 14.8. The third-order valence-corrected chi connectivity index (χ3v) is 5.23. The van der Waals surface area contributed by atoms with Crippen LogP contribution in [0.25, 0.3) is 0 Å². The molecule has 20 heavy (non-hydrogen) atoms. The molecule has 2 aliphatic heterocycles. The van der Waals surface area contributed by atoms with Crippen LogP contribution in [0.4, 0.5) is 4.79 Å². The van der Waals surface area contributed by atoms with Crippen molar-refractivity contribution in [1.82, 2.24) is 10.6 Å². The molecule has 0 bridgehead atoms. The molecule has 2 saturated heterocycles. The molecule has 0 aromatic carbocycles. The van der Waals surface area contributed by atoms with Crippen LogP contribution in [0, 0.1) is 0 Å². The Morgan fingerprint density at radius 3 is 2.85 bits per heavy atom. The Morgan fingerprint density at radius 2 is 2.15 bits per heavy atom. The van der Waals surface area contributed by atoms with Crippen molar-refractivity contribution in [1.29, 1.82) is 0 Å². The highest BCUT2D eigenvalue weighted by atomic mass is 32.2. The average Bonchev–Trinajstić information content (AvgIpc) is 2.82. The molecule has 2 amide bonds. The smallest absolute Gasteiger partial charge is 0.371 e. The second-order valence-electron chi connectivity index (χ2n) is 4.82. The molecule has 0 aromatic heterocycles. The first-order valence-electron chi connectivity index (χ1n) is 6.32. The minimum atomic E-state index is -4.72. The van der Waals surface area contributed by atoms with Crippen LogP contribution in [-0.2, 0) is 13.9 Å². The number of phosphoric ester groups is 1. The number of thioether (sulfide) groups is 1. The molecule has 8 nitrogen and oxygen atoms in total. The van der Waals surface area contributed by atoms with Crippen molar-refractivity contribution in [3.8, 4) is 0 Å². The highest BCUT2D eigenvalue weighted by molar-refractivity contribution is 8.00. The summed E-state index contributed by atoms with van der Waals surface area (Å²) in [6.07, 6.45) is 2.08. The van der Waals surface area contributed by atoms with Crippen molar-refractivity contribution in [3.05, 3.63) is 0 Å². The van der Waals surface area contributed by atoms with Crippen LogP contribution in [-0.4, -0.2) is 44.9 Å². The molecule has 4 N–H and O–H groups in total. The second kappa shape index (κ2) is 6.34. The van der Waals surface area contributed by atoms with Gasteiger partial charge in [0.25, 0.3) is 0 Å². The number of hydrogen-bond donors (Lipinski definition) is 4. The lowest BCUT2D eigenvalue weighted by molar-refractivity contribution is -0.135. The second-order valence-corrected chi connectivity index (χ2v) is 7.26. The summed E-state index contributed by atoms with van der Waals surface area (Å²) in [5, 5.41) is 6.05. The summed E-state index contributed by atoms with van der Waals surface area (Å²) >= 11 is 1.79. The maximum atomic E-state index is 11.2. The number of nitrogens with one attached hydrogen (secondary N) is 2. The molecule has 2 rings (SSSR count). The van der Waals surface area contributed by atoms with Gasteiger partial charge in [-0.05, 0) is 12.8 Å². The number of unbranched alkanes of at least 4 members (excludes halogenated alkanes) is 1. The van der Waals surface area contributed by atoms with Gasteiger partial charge < -0.3 is 15.2 Å². The number of carbonyl (C=O) groups excluding carboxylic acids is 2. The van der Waals surface area contributed by atoms with Crippen LogP contribution in [0.2, 0.25) is 0 Å². The van der Waals surface area contributed by atoms with E-state index in [9.17, 15) is 14.2 Å². The molecule has 3 atom stereocenters. The van der Waals surface area contributed by atoms with Crippen molar-refractivity contribution >= 4 is 31.6 Å². The minimum absolute atomic E-state index is 0.0127. The largest absolute Gasteiger partial charge is 0.526 e. The van der Waals surface area contributed by atoms with Gasteiger partial charge in [0.15, 0.2) is 0 Å². The van der Waals surface area contributed by atoms with Crippen LogP contribution in [0.3, 0.4) is 0 Å². The molecule has 0 spiro atoms. The van der Waals surface area contributed by atoms with Gasteiger partial charge in [-0.1, -0.05) is 6.42 Å². The van der Waals surface area contributed by atoms with E-state index in [1.165, 1.54) is 0 Å². The Hall–Kier alpha value is -0.760. The van der Waals surface area contributed by atoms with Gasteiger partial charge in [-0.2, -0.15) is 11.8 Å². The first kappa shape index (κ1) is 15.6. The molecule has 2 aliphatic rings. The number of amides is 2. The van der Waals surface area contributed by atoms with E-state index in [0.717, 1.165) is 18.6 Å². The van der Waals surface area contributed by atoms with Crippen molar-refractivity contribution in [3.63, 3.8) is 0 Å². The van der Waals surface area contributed by atoms with E-state index < -0.39 is 13.8 Å². The first-order valence-corrected chi connectivity index (χ1v) is 8.90. The van der Waals surface area contributed by atoms with Crippen LogP contribution in [0.5, 0.6) is 0 Å². The molecule has 0 aromatic rings. The Kier molecular flexibility index (Phi) is 4.95. The van der Waals surface area contributed by atoms with Gasteiger partial charge in [0.2, 0.25) is 0 Å². The molecule has 0 radical (unpaired) electrons. The molecule has 10 heteroatoms. The number of urea groups is 1. The highest BCUT2D eigenvalue weighted by Gasteiger charge is 2.42. The number of phosphoric acid groups is 1. The fraction of sp³-hybridized carbons (Fsp3) is 0.800. The van der Waals surface area contributed by atoms with E-state index in [2.05, 4.69) is 15.2 Å². The Morgan fingerprint density at radius 1 is 1.40 bits per heavy atom. The van der Waals surface area contributed by atoms with Gasteiger partial charge in [-0.25, -0.2) is 9.36 Å². The quantitative estimate of drug-likeness (QED) is 0.315. The van der Waals surface area contributed by atoms with Crippen molar-refractivity contribution < 1.29 is 28.5 Å². The molecule has 0 saturated carbocycles. The van der Waals surface area contributed by atoms with Gasteiger partial charge in [-0.3, -0.25) is 14.6 Å². The predicted octanol–water partition coefficient (Wildman–Crippen LogP) is 0.348. The zero-order valence-electron chi connectivity index (χ0n) is 10.7. The van der Waals surface area contributed by atoms with E-state index in [4.69, 9.17) is 9.79 Å². The van der Waals surface area contributed by atoms with Gasteiger partial charge in [-0.15, -0.1) is 0 Å². The monoisotopic (exact) mass is 324 g/mol. The van der Waals surface area contributed by atoms with Crippen molar-refractivity contribution in [2.75, 3.05) is 5.75 Å². The molecular formula is C10H17N2O6PS. The minimum Gasteiger partial charge on any atom is -0.371 e. The van der Waals surface area contributed by atoms with E-state index >= 15 is 0 Å². The maximum Gasteiger partial charge on any atom is 0.526 e. The molecule has 2 fully saturated rings. The summed E-state index contributed by atoms with van der Waals surface area (Å²) in [6.45, 7) is 0. The van der Waals surface area contributed by atoms with Crippen LogP contribution in [0.1, 0.15) is 25.7 Å². The molecule has 2 heterocycles. The number of fused-ring (bicyclic) bond motifs is 1. The highest BCUT2D eigenvalue weighted by Crippen LogP contribution is 2.37. The van der Waals surface area contributed by atoms with E-state index in [-0.39, 0.29) is 24.5 Å².